The van der Waals surface area contributed by atoms with Crippen LogP contribution in [0.15, 0.2) is 0 Å². The van der Waals surface area contributed by atoms with Crippen LogP contribution in [0.25, 0.3) is 0 Å². The largest absolute Gasteiger partial charge is 0.316 e. The van der Waals surface area contributed by atoms with E-state index in [-0.39, 0.29) is 0 Å². The normalized spacial score (nSPS) is 29.1. The summed E-state index contributed by atoms with van der Waals surface area (Å²) < 4.78 is 0. The Morgan fingerprint density at radius 2 is 2.31 bits per heavy atom. The Morgan fingerprint density at radius 1 is 1.38 bits per heavy atom. The highest BCUT2D eigenvalue weighted by Crippen LogP contribution is 2.27. The van der Waals surface area contributed by atoms with Gasteiger partial charge in [-0.25, -0.2) is 0 Å². The van der Waals surface area contributed by atoms with E-state index in [0.29, 0.717) is 0 Å². The van der Waals surface area contributed by atoms with Crippen LogP contribution in [-0.2, 0) is 0 Å². The maximum Gasteiger partial charge on any atom is 0.0170 e. The van der Waals surface area contributed by atoms with Crippen LogP contribution in [0.3, 0.4) is 0 Å². The van der Waals surface area contributed by atoms with Crippen LogP contribution in [-0.4, -0.2) is 37.2 Å². The standard InChI is InChI=1S/C10H20N2S/c1-2-9(1)7-11-4-3-10-8-13-6-5-12-10/h9-12H,1-8H2. The molecule has 0 spiro atoms. The van der Waals surface area contributed by atoms with Crippen LogP contribution in [0.5, 0.6) is 0 Å². The lowest BCUT2D eigenvalue weighted by Gasteiger charge is -2.23. The minimum atomic E-state index is 0.769. The Kier molecular flexibility index (Phi) is 3.94. The van der Waals surface area contributed by atoms with Gasteiger partial charge in [-0.05, 0) is 38.3 Å². The fourth-order valence-electron chi connectivity index (χ4n) is 1.71. The number of hydrogen-bond acceptors (Lipinski definition) is 3. The lowest BCUT2D eigenvalue weighted by atomic mass is 10.2. The maximum absolute atomic E-state index is 3.56. The van der Waals surface area contributed by atoms with Gasteiger partial charge in [-0.2, -0.15) is 11.8 Å². The molecule has 1 unspecified atom stereocenters. The zero-order valence-electron chi connectivity index (χ0n) is 8.22. The summed E-state index contributed by atoms with van der Waals surface area (Å²) in [6.07, 6.45) is 4.23. The van der Waals surface area contributed by atoms with Crippen LogP contribution in [0, 0.1) is 5.92 Å². The first-order chi connectivity index (χ1) is 6.45. The molecule has 0 radical (unpaired) electrons. The number of rotatable bonds is 5. The van der Waals surface area contributed by atoms with Crippen molar-refractivity contribution in [3.8, 4) is 0 Å². The molecule has 1 saturated heterocycles. The van der Waals surface area contributed by atoms with Crippen molar-refractivity contribution in [2.45, 2.75) is 25.3 Å². The molecule has 0 aromatic rings. The minimum absolute atomic E-state index is 0.769. The van der Waals surface area contributed by atoms with Crippen molar-refractivity contribution in [3.63, 3.8) is 0 Å². The number of nitrogens with one attached hydrogen (secondary N) is 2. The SMILES string of the molecule is C(CC1CSCCN1)NCC1CC1. The summed E-state index contributed by atoms with van der Waals surface area (Å²) in [5, 5.41) is 7.11. The van der Waals surface area contributed by atoms with Gasteiger partial charge in [0, 0.05) is 24.1 Å². The van der Waals surface area contributed by atoms with Crippen LogP contribution in [0.4, 0.5) is 0 Å². The Labute approximate surface area is 85.2 Å². The van der Waals surface area contributed by atoms with E-state index >= 15 is 0 Å². The van der Waals surface area contributed by atoms with E-state index < -0.39 is 0 Å². The van der Waals surface area contributed by atoms with E-state index in [9.17, 15) is 0 Å². The first kappa shape index (κ1) is 9.81. The van der Waals surface area contributed by atoms with E-state index in [1.165, 1.54) is 50.4 Å². The average Bonchev–Trinajstić information content (AvgIpc) is 2.98. The van der Waals surface area contributed by atoms with Crippen LogP contribution in [0.2, 0.25) is 0 Å². The first-order valence-electron chi connectivity index (χ1n) is 5.47. The van der Waals surface area contributed by atoms with Crippen molar-refractivity contribution in [2.75, 3.05) is 31.1 Å². The van der Waals surface area contributed by atoms with Crippen molar-refractivity contribution in [2.24, 2.45) is 5.92 Å². The molecule has 1 atom stereocenters. The van der Waals surface area contributed by atoms with E-state index in [1.807, 2.05) is 0 Å². The van der Waals surface area contributed by atoms with Crippen molar-refractivity contribution < 1.29 is 0 Å². The molecule has 0 aromatic heterocycles. The third-order valence-electron chi connectivity index (χ3n) is 2.80. The smallest absolute Gasteiger partial charge is 0.0170 e. The highest BCUT2D eigenvalue weighted by Gasteiger charge is 2.20. The molecule has 0 bridgehead atoms. The molecule has 1 heterocycles. The summed E-state index contributed by atoms with van der Waals surface area (Å²) >= 11 is 2.09. The summed E-state index contributed by atoms with van der Waals surface area (Å²) in [6.45, 7) is 3.67. The zero-order chi connectivity index (χ0) is 8.93. The molecule has 2 nitrogen and oxygen atoms in total. The topological polar surface area (TPSA) is 24.1 Å². The summed E-state index contributed by atoms with van der Waals surface area (Å²) in [6, 6.07) is 0.769. The quantitative estimate of drug-likeness (QED) is 0.650. The molecule has 2 N–H and O–H groups in total. The van der Waals surface area contributed by atoms with Gasteiger partial charge in [0.05, 0.1) is 0 Å². The molecular weight excluding hydrogens is 180 g/mol. The number of hydrogen-bond donors (Lipinski definition) is 2. The molecule has 3 heteroatoms. The Bertz CT molecular complexity index is 142. The fourth-order valence-corrected chi connectivity index (χ4v) is 2.71. The summed E-state index contributed by atoms with van der Waals surface area (Å²) in [4.78, 5) is 0. The fraction of sp³-hybridized carbons (Fsp3) is 1.00. The van der Waals surface area contributed by atoms with Gasteiger partial charge in [-0.3, -0.25) is 0 Å². The molecule has 1 aliphatic heterocycles. The molecule has 76 valence electrons. The highest BCUT2D eigenvalue weighted by atomic mass is 32.2. The summed E-state index contributed by atoms with van der Waals surface area (Å²) in [5.41, 5.74) is 0. The molecule has 2 fully saturated rings. The monoisotopic (exact) mass is 200 g/mol. The van der Waals surface area contributed by atoms with Gasteiger partial charge in [0.15, 0.2) is 0 Å². The number of thioether (sulfide) groups is 1. The predicted molar refractivity (Wildman–Crippen MR) is 59.3 cm³/mol. The van der Waals surface area contributed by atoms with Gasteiger partial charge in [0.1, 0.15) is 0 Å². The minimum Gasteiger partial charge on any atom is -0.316 e. The van der Waals surface area contributed by atoms with Crippen molar-refractivity contribution in [1.82, 2.24) is 10.6 Å². The van der Waals surface area contributed by atoms with E-state index in [0.717, 1.165) is 12.0 Å². The van der Waals surface area contributed by atoms with Crippen molar-refractivity contribution >= 4 is 11.8 Å². The highest BCUT2D eigenvalue weighted by molar-refractivity contribution is 7.99. The third-order valence-corrected chi connectivity index (χ3v) is 3.93. The second-order valence-corrected chi connectivity index (χ2v) is 5.31. The zero-order valence-corrected chi connectivity index (χ0v) is 9.04. The lowest BCUT2D eigenvalue weighted by Crippen LogP contribution is -2.39. The van der Waals surface area contributed by atoms with E-state index in [1.54, 1.807) is 0 Å². The molecule has 1 saturated carbocycles. The molecular formula is C10H20N2S. The summed E-state index contributed by atoms with van der Waals surface area (Å²) in [7, 11) is 0. The van der Waals surface area contributed by atoms with Gasteiger partial charge in [0.25, 0.3) is 0 Å². The molecule has 0 aromatic carbocycles. The van der Waals surface area contributed by atoms with Crippen LogP contribution in [0.1, 0.15) is 19.3 Å². The van der Waals surface area contributed by atoms with Gasteiger partial charge in [0.2, 0.25) is 0 Å². The van der Waals surface area contributed by atoms with E-state index in [4.69, 9.17) is 0 Å². The average molecular weight is 200 g/mol. The van der Waals surface area contributed by atoms with Crippen molar-refractivity contribution in [1.29, 1.82) is 0 Å². The van der Waals surface area contributed by atoms with Gasteiger partial charge < -0.3 is 10.6 Å². The third kappa shape index (κ3) is 3.88. The summed E-state index contributed by atoms with van der Waals surface area (Å²) in [5.74, 6) is 3.63. The van der Waals surface area contributed by atoms with E-state index in [2.05, 4.69) is 22.4 Å². The second kappa shape index (κ2) is 5.23. The van der Waals surface area contributed by atoms with Crippen LogP contribution >= 0.6 is 11.8 Å². The maximum atomic E-state index is 3.56. The van der Waals surface area contributed by atoms with Gasteiger partial charge in [-0.15, -0.1) is 0 Å². The molecule has 13 heavy (non-hydrogen) atoms. The lowest BCUT2D eigenvalue weighted by molar-refractivity contribution is 0.498. The second-order valence-electron chi connectivity index (χ2n) is 4.16. The molecule has 2 rings (SSSR count). The predicted octanol–water partition coefficient (Wildman–Crippen LogP) is 1.08. The molecule has 2 aliphatic rings. The van der Waals surface area contributed by atoms with Gasteiger partial charge in [-0.1, -0.05) is 0 Å². The Morgan fingerprint density at radius 3 is 3.00 bits per heavy atom. The van der Waals surface area contributed by atoms with Crippen molar-refractivity contribution in [3.05, 3.63) is 0 Å². The van der Waals surface area contributed by atoms with Crippen LogP contribution < -0.4 is 10.6 Å². The Balaban J connectivity index is 1.46. The Hall–Kier alpha value is 0.270. The van der Waals surface area contributed by atoms with Gasteiger partial charge >= 0.3 is 0 Å². The first-order valence-corrected chi connectivity index (χ1v) is 6.62. The molecule has 1 aliphatic carbocycles. The molecule has 0 amide bonds.